The number of pyridine rings is 1. The number of thiophene rings is 1. The molecule has 3 aromatic rings. The van der Waals surface area contributed by atoms with Crippen LogP contribution < -0.4 is 0 Å². The van der Waals surface area contributed by atoms with Gasteiger partial charge >= 0.3 is 0 Å². The number of nitrogens with zero attached hydrogens (tertiary/aromatic N) is 2. The summed E-state index contributed by atoms with van der Waals surface area (Å²) in [5.41, 5.74) is 1.78. The van der Waals surface area contributed by atoms with Gasteiger partial charge in [-0.25, -0.2) is 4.98 Å². The van der Waals surface area contributed by atoms with E-state index < -0.39 is 0 Å². The van der Waals surface area contributed by atoms with Gasteiger partial charge in [0, 0.05) is 24.7 Å². The molecule has 3 rings (SSSR count). The Morgan fingerprint density at radius 3 is 2.74 bits per heavy atom. The van der Waals surface area contributed by atoms with Crippen LogP contribution in [0.1, 0.15) is 15.9 Å². The second kappa shape index (κ2) is 7.44. The van der Waals surface area contributed by atoms with E-state index in [2.05, 4.69) is 10.4 Å². The molecule has 2 aromatic heterocycles. The Hall–Kier alpha value is -2.11. The van der Waals surface area contributed by atoms with Crippen LogP contribution in [0.5, 0.6) is 0 Å². The molecule has 2 heterocycles. The Balaban J connectivity index is 1.80. The Labute approximate surface area is 144 Å². The van der Waals surface area contributed by atoms with Gasteiger partial charge in [0.1, 0.15) is 5.03 Å². The van der Waals surface area contributed by atoms with E-state index in [0.29, 0.717) is 12.1 Å². The molecule has 0 radical (unpaired) electrons. The molecular weight excluding hydrogens is 324 g/mol. The Kier molecular flexibility index (Phi) is 5.10. The molecular formula is C18H16N2OS2. The van der Waals surface area contributed by atoms with Gasteiger partial charge in [-0.1, -0.05) is 30.0 Å². The lowest BCUT2D eigenvalue weighted by Gasteiger charge is -2.18. The Bertz CT molecular complexity index is 773. The summed E-state index contributed by atoms with van der Waals surface area (Å²) in [4.78, 5) is 20.0. The lowest BCUT2D eigenvalue weighted by atomic mass is 10.2. The zero-order valence-electron chi connectivity index (χ0n) is 12.7. The van der Waals surface area contributed by atoms with Crippen LogP contribution in [0.4, 0.5) is 0 Å². The molecule has 0 spiro atoms. The van der Waals surface area contributed by atoms with Crippen LogP contribution >= 0.6 is 23.1 Å². The number of benzene rings is 1. The summed E-state index contributed by atoms with van der Waals surface area (Å²) < 4.78 is 0. The average molecular weight is 340 g/mol. The predicted octanol–water partition coefficient (Wildman–Crippen LogP) is 4.57. The van der Waals surface area contributed by atoms with E-state index in [1.54, 1.807) is 28.5 Å². The highest BCUT2D eigenvalue weighted by Crippen LogP contribution is 2.29. The fraction of sp³-hybridized carbons (Fsp3) is 0.111. The molecule has 0 fully saturated rings. The normalized spacial score (nSPS) is 10.5. The van der Waals surface area contributed by atoms with Crippen LogP contribution in [0.25, 0.3) is 0 Å². The van der Waals surface area contributed by atoms with Crippen molar-refractivity contribution in [1.29, 1.82) is 0 Å². The van der Waals surface area contributed by atoms with Crippen molar-refractivity contribution in [1.82, 2.24) is 9.88 Å². The number of hydrogen-bond donors (Lipinski definition) is 0. The van der Waals surface area contributed by atoms with Gasteiger partial charge in [-0.3, -0.25) is 4.79 Å². The summed E-state index contributed by atoms with van der Waals surface area (Å²) in [6, 6.07) is 15.7. The fourth-order valence-electron chi connectivity index (χ4n) is 2.17. The maximum absolute atomic E-state index is 12.8. The number of rotatable bonds is 5. The van der Waals surface area contributed by atoms with E-state index >= 15 is 0 Å². The monoisotopic (exact) mass is 340 g/mol. The molecule has 1 amide bonds. The summed E-state index contributed by atoms with van der Waals surface area (Å²) in [6.45, 7) is 0.604. The van der Waals surface area contributed by atoms with Gasteiger partial charge in [-0.05, 0) is 46.7 Å². The van der Waals surface area contributed by atoms with Crippen LogP contribution in [0.15, 0.2) is 75.4 Å². The second-order valence-electron chi connectivity index (χ2n) is 5.06. The highest BCUT2D eigenvalue weighted by molar-refractivity contribution is 7.99. The highest BCUT2D eigenvalue weighted by Gasteiger charge is 2.17. The molecule has 0 unspecified atom stereocenters. The van der Waals surface area contributed by atoms with E-state index in [1.165, 1.54) is 11.8 Å². The molecule has 3 nitrogen and oxygen atoms in total. The third-order valence-electron chi connectivity index (χ3n) is 3.31. The molecule has 0 N–H and O–H groups in total. The Morgan fingerprint density at radius 1 is 1.17 bits per heavy atom. The van der Waals surface area contributed by atoms with Crippen molar-refractivity contribution in [2.75, 3.05) is 7.05 Å². The predicted molar refractivity (Wildman–Crippen MR) is 94.9 cm³/mol. The van der Waals surface area contributed by atoms with E-state index in [-0.39, 0.29) is 5.91 Å². The van der Waals surface area contributed by atoms with Crippen molar-refractivity contribution in [2.24, 2.45) is 0 Å². The van der Waals surface area contributed by atoms with Crippen LogP contribution in [-0.2, 0) is 6.54 Å². The minimum atomic E-state index is -0.0114. The first-order valence-corrected chi connectivity index (χ1v) is 8.94. The zero-order chi connectivity index (χ0) is 16.1. The minimum Gasteiger partial charge on any atom is -0.337 e. The first kappa shape index (κ1) is 15.8. The lowest BCUT2D eigenvalue weighted by Crippen LogP contribution is -2.26. The standard InChI is InChI=1S/C18H16N2OS2/c1-20(12-14-9-11-22-13-14)18(21)16-8-5-10-19-17(16)23-15-6-3-2-4-7-15/h2-11,13H,12H2,1H3. The molecule has 0 aliphatic heterocycles. The van der Waals surface area contributed by atoms with Crippen molar-refractivity contribution < 1.29 is 4.79 Å². The third-order valence-corrected chi connectivity index (χ3v) is 5.06. The number of carbonyl (C=O) groups is 1. The van der Waals surface area contributed by atoms with Crippen molar-refractivity contribution in [3.05, 3.63) is 76.6 Å². The molecule has 23 heavy (non-hydrogen) atoms. The van der Waals surface area contributed by atoms with Gasteiger partial charge in [-0.15, -0.1) is 0 Å². The van der Waals surface area contributed by atoms with Crippen molar-refractivity contribution in [3.8, 4) is 0 Å². The summed E-state index contributed by atoms with van der Waals surface area (Å²) in [5.74, 6) is -0.0114. The van der Waals surface area contributed by atoms with Crippen LogP contribution in [0.2, 0.25) is 0 Å². The van der Waals surface area contributed by atoms with Crippen LogP contribution in [0.3, 0.4) is 0 Å². The lowest BCUT2D eigenvalue weighted by molar-refractivity contribution is 0.0781. The first-order chi connectivity index (χ1) is 11.2. The van der Waals surface area contributed by atoms with Gasteiger partial charge in [0.15, 0.2) is 0 Å². The average Bonchev–Trinajstić information content (AvgIpc) is 3.08. The third kappa shape index (κ3) is 4.00. The largest absolute Gasteiger partial charge is 0.337 e. The van der Waals surface area contributed by atoms with Crippen molar-refractivity contribution >= 4 is 29.0 Å². The molecule has 1 aromatic carbocycles. The molecule has 0 aliphatic rings. The van der Waals surface area contributed by atoms with E-state index in [0.717, 1.165) is 15.5 Å². The summed E-state index contributed by atoms with van der Waals surface area (Å²) in [6.07, 6.45) is 1.72. The van der Waals surface area contributed by atoms with Gasteiger partial charge < -0.3 is 4.90 Å². The molecule has 0 aliphatic carbocycles. The Morgan fingerprint density at radius 2 is 2.00 bits per heavy atom. The maximum atomic E-state index is 12.8. The van der Waals surface area contributed by atoms with Crippen LogP contribution in [-0.4, -0.2) is 22.8 Å². The molecule has 0 bridgehead atoms. The summed E-state index contributed by atoms with van der Waals surface area (Å²) in [7, 11) is 1.82. The summed E-state index contributed by atoms with van der Waals surface area (Å²) >= 11 is 3.15. The van der Waals surface area contributed by atoms with E-state index in [1.807, 2.05) is 54.9 Å². The first-order valence-electron chi connectivity index (χ1n) is 7.18. The minimum absolute atomic E-state index is 0.0114. The van der Waals surface area contributed by atoms with Crippen molar-refractivity contribution in [3.63, 3.8) is 0 Å². The molecule has 116 valence electrons. The topological polar surface area (TPSA) is 33.2 Å². The number of aromatic nitrogens is 1. The molecule has 0 saturated carbocycles. The smallest absolute Gasteiger partial charge is 0.256 e. The SMILES string of the molecule is CN(Cc1ccsc1)C(=O)c1cccnc1Sc1ccccc1. The fourth-order valence-corrected chi connectivity index (χ4v) is 3.72. The molecule has 0 saturated heterocycles. The van der Waals surface area contributed by atoms with Gasteiger partial charge in [0.25, 0.3) is 5.91 Å². The number of hydrogen-bond acceptors (Lipinski definition) is 4. The number of carbonyl (C=O) groups excluding carboxylic acids is 1. The van der Waals surface area contributed by atoms with E-state index in [9.17, 15) is 4.79 Å². The van der Waals surface area contributed by atoms with Gasteiger partial charge in [-0.2, -0.15) is 11.3 Å². The molecule has 5 heteroatoms. The van der Waals surface area contributed by atoms with Gasteiger partial charge in [0.05, 0.1) is 5.56 Å². The quantitative estimate of drug-likeness (QED) is 0.682. The van der Waals surface area contributed by atoms with Crippen molar-refractivity contribution in [2.45, 2.75) is 16.5 Å². The van der Waals surface area contributed by atoms with Crippen LogP contribution in [0, 0.1) is 0 Å². The maximum Gasteiger partial charge on any atom is 0.256 e. The summed E-state index contributed by atoms with van der Waals surface area (Å²) in [5, 5.41) is 4.82. The highest BCUT2D eigenvalue weighted by atomic mass is 32.2. The van der Waals surface area contributed by atoms with E-state index in [4.69, 9.17) is 0 Å². The molecule has 0 atom stereocenters. The van der Waals surface area contributed by atoms with Gasteiger partial charge in [0.2, 0.25) is 0 Å². The zero-order valence-corrected chi connectivity index (χ0v) is 14.3. The second-order valence-corrected chi connectivity index (χ2v) is 6.91. The number of amides is 1.